The van der Waals surface area contributed by atoms with Crippen LogP contribution in [0.4, 0.5) is 4.79 Å². The van der Waals surface area contributed by atoms with E-state index in [-0.39, 0.29) is 12.1 Å². The summed E-state index contributed by atoms with van der Waals surface area (Å²) in [5, 5.41) is 16.6. The van der Waals surface area contributed by atoms with Crippen molar-refractivity contribution in [3.05, 3.63) is 48.3 Å². The summed E-state index contributed by atoms with van der Waals surface area (Å²) in [5.41, 5.74) is 1.94. The third-order valence-electron chi connectivity index (χ3n) is 3.72. The predicted octanol–water partition coefficient (Wildman–Crippen LogP) is 2.35. The topological polar surface area (TPSA) is 70.4 Å². The molecule has 0 aliphatic heterocycles. The monoisotopic (exact) mass is 316 g/mol. The Morgan fingerprint density at radius 2 is 2.09 bits per heavy atom. The van der Waals surface area contributed by atoms with E-state index in [9.17, 15) is 9.90 Å². The molecule has 6 nitrogen and oxygen atoms in total. The second-order valence-corrected chi connectivity index (χ2v) is 5.74. The van der Waals surface area contributed by atoms with Crippen LogP contribution in [-0.4, -0.2) is 45.5 Å². The highest BCUT2D eigenvalue weighted by Crippen LogP contribution is 2.21. The van der Waals surface area contributed by atoms with Gasteiger partial charge < -0.3 is 15.3 Å². The van der Waals surface area contributed by atoms with Gasteiger partial charge in [-0.15, -0.1) is 0 Å². The fourth-order valence-corrected chi connectivity index (χ4v) is 2.33. The molecule has 0 bridgehead atoms. The minimum absolute atomic E-state index is 0.156. The molecular weight excluding hydrogens is 292 g/mol. The van der Waals surface area contributed by atoms with Crippen LogP contribution in [0.1, 0.15) is 31.9 Å². The van der Waals surface area contributed by atoms with Gasteiger partial charge in [0.15, 0.2) is 0 Å². The number of carbonyl (C=O) groups is 1. The van der Waals surface area contributed by atoms with Crippen molar-refractivity contribution in [2.24, 2.45) is 0 Å². The van der Waals surface area contributed by atoms with Gasteiger partial charge in [0.05, 0.1) is 17.8 Å². The molecule has 23 heavy (non-hydrogen) atoms. The van der Waals surface area contributed by atoms with Gasteiger partial charge in [-0.05, 0) is 38.0 Å². The number of amides is 2. The van der Waals surface area contributed by atoms with E-state index in [0.29, 0.717) is 13.0 Å². The highest BCUT2D eigenvalue weighted by atomic mass is 16.3. The summed E-state index contributed by atoms with van der Waals surface area (Å²) in [6.45, 7) is 4.18. The first kappa shape index (κ1) is 17.0. The highest BCUT2D eigenvalue weighted by molar-refractivity contribution is 5.74. The lowest BCUT2D eigenvalue weighted by atomic mass is 10.1. The zero-order valence-corrected chi connectivity index (χ0v) is 13.8. The second-order valence-electron chi connectivity index (χ2n) is 5.74. The van der Waals surface area contributed by atoms with Gasteiger partial charge in [0, 0.05) is 26.0 Å². The minimum atomic E-state index is -0.414. The normalized spacial score (nSPS) is 13.4. The molecule has 0 saturated heterocycles. The SMILES string of the molecule is CC(O)CCN(C)C(=O)NC(C)c1ccccc1-n1cccn1. The number of nitrogens with zero attached hydrogens (tertiary/aromatic N) is 3. The molecule has 2 rings (SSSR count). The first-order chi connectivity index (χ1) is 11.0. The fourth-order valence-electron chi connectivity index (χ4n) is 2.33. The largest absolute Gasteiger partial charge is 0.393 e. The summed E-state index contributed by atoms with van der Waals surface area (Å²) in [6, 6.07) is 9.40. The molecule has 0 radical (unpaired) electrons. The van der Waals surface area contributed by atoms with Crippen molar-refractivity contribution in [2.45, 2.75) is 32.4 Å². The number of aliphatic hydroxyl groups is 1. The van der Waals surface area contributed by atoms with Crippen molar-refractivity contribution in [3.63, 3.8) is 0 Å². The Balaban J connectivity index is 2.06. The molecule has 1 heterocycles. The van der Waals surface area contributed by atoms with Crippen LogP contribution >= 0.6 is 0 Å². The molecular formula is C17H24N4O2. The molecule has 2 atom stereocenters. The number of hydrogen-bond acceptors (Lipinski definition) is 3. The van der Waals surface area contributed by atoms with Crippen molar-refractivity contribution in [3.8, 4) is 5.69 Å². The van der Waals surface area contributed by atoms with Crippen LogP contribution in [0.2, 0.25) is 0 Å². The van der Waals surface area contributed by atoms with E-state index >= 15 is 0 Å². The maximum atomic E-state index is 12.2. The second kappa shape index (κ2) is 7.78. The molecule has 2 amide bonds. The van der Waals surface area contributed by atoms with E-state index in [4.69, 9.17) is 0 Å². The summed E-state index contributed by atoms with van der Waals surface area (Å²) >= 11 is 0. The summed E-state index contributed by atoms with van der Waals surface area (Å²) in [5.74, 6) is 0. The van der Waals surface area contributed by atoms with Crippen LogP contribution in [0.3, 0.4) is 0 Å². The number of nitrogens with one attached hydrogen (secondary N) is 1. The van der Waals surface area contributed by atoms with Crippen LogP contribution in [0, 0.1) is 0 Å². The van der Waals surface area contributed by atoms with Gasteiger partial charge in [-0.25, -0.2) is 9.48 Å². The van der Waals surface area contributed by atoms with Crippen LogP contribution in [0.5, 0.6) is 0 Å². The summed E-state index contributed by atoms with van der Waals surface area (Å²) < 4.78 is 1.79. The van der Waals surface area contributed by atoms with E-state index in [1.54, 1.807) is 29.7 Å². The molecule has 2 N–H and O–H groups in total. The van der Waals surface area contributed by atoms with Crippen LogP contribution in [0.25, 0.3) is 5.69 Å². The average molecular weight is 316 g/mol. The summed E-state index contributed by atoms with van der Waals surface area (Å²) in [6.07, 6.45) is 3.75. The molecule has 124 valence electrons. The number of aliphatic hydroxyl groups excluding tert-OH is 1. The van der Waals surface area contributed by atoms with Crippen LogP contribution in [0.15, 0.2) is 42.7 Å². The Morgan fingerprint density at radius 1 is 1.35 bits per heavy atom. The van der Waals surface area contributed by atoms with Gasteiger partial charge in [0.25, 0.3) is 0 Å². The van der Waals surface area contributed by atoms with E-state index < -0.39 is 6.10 Å². The third kappa shape index (κ3) is 4.56. The zero-order valence-electron chi connectivity index (χ0n) is 13.8. The Bertz CT molecular complexity index is 625. The number of aromatic nitrogens is 2. The number of para-hydroxylation sites is 1. The zero-order chi connectivity index (χ0) is 16.8. The number of hydrogen-bond donors (Lipinski definition) is 2. The maximum Gasteiger partial charge on any atom is 0.317 e. The predicted molar refractivity (Wildman–Crippen MR) is 89.4 cm³/mol. The Hall–Kier alpha value is -2.34. The maximum absolute atomic E-state index is 12.2. The first-order valence-electron chi connectivity index (χ1n) is 7.77. The van der Waals surface area contributed by atoms with Crippen LogP contribution in [-0.2, 0) is 0 Å². The van der Waals surface area contributed by atoms with Gasteiger partial charge in [-0.2, -0.15) is 5.10 Å². The molecule has 0 saturated carbocycles. The van der Waals surface area contributed by atoms with Gasteiger partial charge >= 0.3 is 6.03 Å². The van der Waals surface area contributed by atoms with E-state index in [0.717, 1.165) is 11.3 Å². The third-order valence-corrected chi connectivity index (χ3v) is 3.72. The lowest BCUT2D eigenvalue weighted by molar-refractivity contribution is 0.162. The van der Waals surface area contributed by atoms with Gasteiger partial charge in [-0.1, -0.05) is 18.2 Å². The van der Waals surface area contributed by atoms with E-state index in [1.165, 1.54) is 0 Å². The summed E-state index contributed by atoms with van der Waals surface area (Å²) in [7, 11) is 1.73. The van der Waals surface area contributed by atoms with Crippen molar-refractivity contribution in [1.29, 1.82) is 0 Å². The molecule has 0 aliphatic rings. The number of carbonyl (C=O) groups excluding carboxylic acids is 1. The van der Waals surface area contributed by atoms with Gasteiger partial charge in [-0.3, -0.25) is 0 Å². The first-order valence-corrected chi connectivity index (χ1v) is 7.77. The van der Waals surface area contributed by atoms with E-state index in [1.807, 2.05) is 43.5 Å². The van der Waals surface area contributed by atoms with Gasteiger partial charge in [0.1, 0.15) is 0 Å². The smallest absolute Gasteiger partial charge is 0.317 e. The Labute approximate surface area is 136 Å². The lowest BCUT2D eigenvalue weighted by Crippen LogP contribution is -2.39. The van der Waals surface area contributed by atoms with Crippen LogP contribution < -0.4 is 5.32 Å². The summed E-state index contributed by atoms with van der Waals surface area (Å²) in [4.78, 5) is 13.8. The quantitative estimate of drug-likeness (QED) is 0.859. The molecule has 0 spiro atoms. The number of rotatable bonds is 6. The minimum Gasteiger partial charge on any atom is -0.393 e. The van der Waals surface area contributed by atoms with Gasteiger partial charge in [0.2, 0.25) is 0 Å². The molecule has 6 heteroatoms. The van der Waals surface area contributed by atoms with E-state index in [2.05, 4.69) is 10.4 Å². The standard InChI is InChI=1S/C17H24N4O2/c1-13(22)9-12-20(3)17(23)19-14(2)15-7-4-5-8-16(15)21-11-6-10-18-21/h4-8,10-11,13-14,22H,9,12H2,1-3H3,(H,19,23). The number of urea groups is 1. The molecule has 0 aliphatic carbocycles. The highest BCUT2D eigenvalue weighted by Gasteiger charge is 2.16. The number of benzene rings is 1. The van der Waals surface area contributed by atoms with Crippen molar-refractivity contribution < 1.29 is 9.90 Å². The fraction of sp³-hybridized carbons (Fsp3) is 0.412. The van der Waals surface area contributed by atoms with Crippen molar-refractivity contribution >= 4 is 6.03 Å². The Morgan fingerprint density at radius 3 is 2.74 bits per heavy atom. The van der Waals surface area contributed by atoms with Crippen molar-refractivity contribution in [1.82, 2.24) is 20.0 Å². The van der Waals surface area contributed by atoms with Crippen molar-refractivity contribution in [2.75, 3.05) is 13.6 Å². The molecule has 1 aromatic heterocycles. The Kier molecular flexibility index (Phi) is 5.76. The lowest BCUT2D eigenvalue weighted by Gasteiger charge is -2.23. The molecule has 2 unspecified atom stereocenters. The molecule has 0 fully saturated rings. The molecule has 2 aromatic rings. The average Bonchev–Trinajstić information content (AvgIpc) is 3.06. The molecule has 1 aromatic carbocycles.